The maximum Gasteiger partial charge on any atom is 0.304 e. The van der Waals surface area contributed by atoms with Crippen LogP contribution in [0.5, 0.6) is 0 Å². The lowest BCUT2D eigenvalue weighted by Gasteiger charge is -2.17. The molecular formula is C21H21FO3S. The Labute approximate surface area is 155 Å². The van der Waals surface area contributed by atoms with E-state index in [1.54, 1.807) is 6.26 Å². The summed E-state index contributed by atoms with van der Waals surface area (Å²) in [5.74, 6) is -1.34. The van der Waals surface area contributed by atoms with Crippen molar-refractivity contribution in [3.8, 4) is 0 Å². The smallest absolute Gasteiger partial charge is 0.304 e. The molecule has 1 aliphatic carbocycles. The molecule has 0 aromatic heterocycles. The first kappa shape index (κ1) is 18.5. The Bertz CT molecular complexity index is 900. The van der Waals surface area contributed by atoms with Gasteiger partial charge < -0.3 is 5.11 Å². The average molecular weight is 372 g/mol. The number of allylic oxidation sites excluding steroid dienone is 1. The highest BCUT2D eigenvalue weighted by atomic mass is 32.2. The SMILES string of the molecule is CC1=Cc2cc(F)cc(CCc3ccc(S(C)=O)cc3)c2C1CC(=O)O. The fraction of sp³-hybridized carbons (Fsp3) is 0.286. The van der Waals surface area contributed by atoms with E-state index in [0.29, 0.717) is 12.8 Å². The fourth-order valence-electron chi connectivity index (χ4n) is 3.59. The van der Waals surface area contributed by atoms with Crippen molar-refractivity contribution in [2.45, 2.75) is 37.0 Å². The number of fused-ring (bicyclic) bond motifs is 1. The minimum absolute atomic E-state index is 0.0188. The van der Waals surface area contributed by atoms with Gasteiger partial charge in [-0.3, -0.25) is 9.00 Å². The molecule has 1 aliphatic rings. The zero-order valence-electron chi connectivity index (χ0n) is 14.8. The Morgan fingerprint density at radius 1 is 1.19 bits per heavy atom. The van der Waals surface area contributed by atoms with Gasteiger partial charge in [0, 0.05) is 27.9 Å². The van der Waals surface area contributed by atoms with Gasteiger partial charge in [0.05, 0.1) is 6.42 Å². The van der Waals surface area contributed by atoms with E-state index < -0.39 is 16.8 Å². The van der Waals surface area contributed by atoms with Crippen LogP contribution in [0.3, 0.4) is 0 Å². The first-order chi connectivity index (χ1) is 12.3. The van der Waals surface area contributed by atoms with E-state index in [1.165, 1.54) is 12.1 Å². The standard InChI is InChI=1S/C21H21FO3S/c1-13-9-16-11-17(22)10-15(21(16)19(13)12-20(23)24)6-3-14-4-7-18(8-5-14)26(2)25/h4-5,7-11,19H,3,6,12H2,1-2H3,(H,23,24). The number of carboxylic acids is 1. The summed E-state index contributed by atoms with van der Waals surface area (Å²) in [7, 11) is -1.01. The highest BCUT2D eigenvalue weighted by Crippen LogP contribution is 2.41. The summed E-state index contributed by atoms with van der Waals surface area (Å²) in [4.78, 5) is 12.0. The van der Waals surface area contributed by atoms with Crippen LogP contribution < -0.4 is 0 Å². The molecule has 0 bridgehead atoms. The zero-order valence-corrected chi connectivity index (χ0v) is 15.6. The molecule has 5 heteroatoms. The molecule has 136 valence electrons. The molecule has 0 amide bonds. The van der Waals surface area contributed by atoms with Gasteiger partial charge in [-0.15, -0.1) is 0 Å². The largest absolute Gasteiger partial charge is 0.481 e. The van der Waals surface area contributed by atoms with Gasteiger partial charge in [-0.25, -0.2) is 4.39 Å². The summed E-state index contributed by atoms with van der Waals surface area (Å²) >= 11 is 0. The Balaban J connectivity index is 1.85. The normalized spacial score (nSPS) is 16.9. The molecule has 2 atom stereocenters. The number of hydrogen-bond acceptors (Lipinski definition) is 2. The Morgan fingerprint density at radius 2 is 1.88 bits per heavy atom. The van der Waals surface area contributed by atoms with E-state index in [1.807, 2.05) is 37.3 Å². The first-order valence-electron chi connectivity index (χ1n) is 8.50. The van der Waals surface area contributed by atoms with E-state index in [4.69, 9.17) is 0 Å². The molecule has 0 saturated carbocycles. The zero-order chi connectivity index (χ0) is 18.8. The molecule has 0 radical (unpaired) electrons. The number of benzene rings is 2. The Hall–Kier alpha value is -2.27. The van der Waals surface area contributed by atoms with E-state index >= 15 is 0 Å². The van der Waals surface area contributed by atoms with E-state index in [-0.39, 0.29) is 18.2 Å². The third kappa shape index (κ3) is 3.93. The third-order valence-corrected chi connectivity index (χ3v) is 5.80. The minimum Gasteiger partial charge on any atom is -0.481 e. The second-order valence-corrected chi connectivity index (χ2v) is 8.08. The highest BCUT2D eigenvalue weighted by molar-refractivity contribution is 7.84. The van der Waals surface area contributed by atoms with Crippen LogP contribution in [0.25, 0.3) is 6.08 Å². The summed E-state index contributed by atoms with van der Waals surface area (Å²) in [6.07, 6.45) is 4.89. The van der Waals surface area contributed by atoms with Crippen LogP contribution in [0, 0.1) is 5.82 Å². The number of hydrogen-bond donors (Lipinski definition) is 1. The predicted molar refractivity (Wildman–Crippen MR) is 101 cm³/mol. The van der Waals surface area contributed by atoms with Gasteiger partial charge in [-0.2, -0.15) is 0 Å². The molecule has 3 nitrogen and oxygen atoms in total. The van der Waals surface area contributed by atoms with E-state index in [9.17, 15) is 18.5 Å². The molecule has 0 saturated heterocycles. The van der Waals surface area contributed by atoms with Gasteiger partial charge >= 0.3 is 5.97 Å². The molecule has 2 unspecified atom stereocenters. The predicted octanol–water partition coefficient (Wildman–Crippen LogP) is 4.32. The molecule has 3 rings (SSSR count). The maximum atomic E-state index is 14.0. The van der Waals surface area contributed by atoms with Gasteiger partial charge in [0.25, 0.3) is 0 Å². The van der Waals surface area contributed by atoms with Crippen molar-refractivity contribution in [1.29, 1.82) is 0 Å². The Kier molecular flexibility index (Phi) is 5.37. The molecule has 2 aromatic rings. The molecule has 0 fully saturated rings. The van der Waals surface area contributed by atoms with Crippen LogP contribution in [-0.2, 0) is 28.4 Å². The van der Waals surface area contributed by atoms with Crippen molar-refractivity contribution in [3.05, 3.63) is 70.0 Å². The molecule has 1 N–H and O–H groups in total. The summed E-state index contributed by atoms with van der Waals surface area (Å²) in [5.41, 5.74) is 4.64. The van der Waals surface area contributed by atoms with Crippen LogP contribution in [0.1, 0.15) is 41.5 Å². The highest BCUT2D eigenvalue weighted by Gasteiger charge is 2.28. The van der Waals surface area contributed by atoms with Gasteiger partial charge in [0.2, 0.25) is 0 Å². The van der Waals surface area contributed by atoms with Crippen LogP contribution >= 0.6 is 0 Å². The second kappa shape index (κ2) is 7.54. The molecule has 2 aromatic carbocycles. The number of aryl methyl sites for hydroxylation is 2. The number of carbonyl (C=O) groups is 1. The number of rotatable bonds is 6. The van der Waals surface area contributed by atoms with Crippen molar-refractivity contribution in [1.82, 2.24) is 0 Å². The lowest BCUT2D eigenvalue weighted by molar-refractivity contribution is -0.137. The molecule has 0 spiro atoms. The van der Waals surface area contributed by atoms with Gasteiger partial charge in [0.1, 0.15) is 5.82 Å². The quantitative estimate of drug-likeness (QED) is 0.821. The molecule has 0 aliphatic heterocycles. The van der Waals surface area contributed by atoms with Crippen molar-refractivity contribution in [3.63, 3.8) is 0 Å². The molecule has 26 heavy (non-hydrogen) atoms. The summed E-state index contributed by atoms with van der Waals surface area (Å²) in [5, 5.41) is 9.22. The van der Waals surface area contributed by atoms with Crippen LogP contribution in [0.2, 0.25) is 0 Å². The molecule has 0 heterocycles. The number of aliphatic carboxylic acids is 1. The topological polar surface area (TPSA) is 54.4 Å². The lowest BCUT2D eigenvalue weighted by Crippen LogP contribution is -2.09. The summed E-state index contributed by atoms with van der Waals surface area (Å²) < 4.78 is 25.5. The van der Waals surface area contributed by atoms with Crippen LogP contribution in [-0.4, -0.2) is 21.5 Å². The average Bonchev–Trinajstić information content (AvgIpc) is 2.87. The fourth-order valence-corrected chi connectivity index (χ4v) is 4.11. The third-order valence-electron chi connectivity index (χ3n) is 4.86. The summed E-state index contributed by atoms with van der Waals surface area (Å²) in [6, 6.07) is 10.6. The first-order valence-corrected chi connectivity index (χ1v) is 10.1. The van der Waals surface area contributed by atoms with Crippen molar-refractivity contribution in [2.75, 3.05) is 6.26 Å². The van der Waals surface area contributed by atoms with E-state index in [2.05, 4.69) is 0 Å². The number of halogens is 1. The van der Waals surface area contributed by atoms with Gasteiger partial charge in [-0.1, -0.05) is 23.8 Å². The second-order valence-electron chi connectivity index (χ2n) is 6.70. The van der Waals surface area contributed by atoms with Crippen LogP contribution in [0.4, 0.5) is 4.39 Å². The van der Waals surface area contributed by atoms with Crippen molar-refractivity contribution >= 4 is 22.8 Å². The van der Waals surface area contributed by atoms with Gasteiger partial charge in [0.15, 0.2) is 0 Å². The maximum absolute atomic E-state index is 14.0. The lowest BCUT2D eigenvalue weighted by atomic mass is 9.87. The minimum atomic E-state index is -1.01. The van der Waals surface area contributed by atoms with E-state index in [0.717, 1.165) is 32.7 Å². The van der Waals surface area contributed by atoms with Crippen molar-refractivity contribution < 1.29 is 18.5 Å². The monoisotopic (exact) mass is 372 g/mol. The van der Waals surface area contributed by atoms with Crippen molar-refractivity contribution in [2.24, 2.45) is 0 Å². The van der Waals surface area contributed by atoms with Crippen LogP contribution in [0.15, 0.2) is 46.9 Å². The number of carboxylic acid groups (broad SMARTS) is 1. The summed E-state index contributed by atoms with van der Waals surface area (Å²) in [6.45, 7) is 1.90. The Morgan fingerprint density at radius 3 is 2.50 bits per heavy atom. The molecular weight excluding hydrogens is 351 g/mol. The van der Waals surface area contributed by atoms with Gasteiger partial charge in [-0.05, 0) is 66.3 Å².